The van der Waals surface area contributed by atoms with Crippen molar-refractivity contribution >= 4 is 5.97 Å². The normalized spacial score (nSPS) is 25.8. The molecule has 1 rings (SSSR count). The van der Waals surface area contributed by atoms with E-state index < -0.39 is 0 Å². The van der Waals surface area contributed by atoms with Crippen molar-refractivity contribution in [3.8, 4) is 0 Å². The molecular weight excluding hydrogens is 156 g/mol. The van der Waals surface area contributed by atoms with E-state index in [0.717, 1.165) is 0 Å². The van der Waals surface area contributed by atoms with E-state index >= 15 is 0 Å². The molecule has 0 radical (unpaired) electrons. The summed E-state index contributed by atoms with van der Waals surface area (Å²) >= 11 is 0. The third kappa shape index (κ3) is 2.34. The lowest BCUT2D eigenvalue weighted by Gasteiger charge is -1.93. The van der Waals surface area contributed by atoms with Crippen molar-refractivity contribution in [2.45, 2.75) is 32.5 Å². The first-order chi connectivity index (χ1) is 5.56. The Morgan fingerprint density at radius 1 is 1.67 bits per heavy atom. The van der Waals surface area contributed by atoms with Crippen molar-refractivity contribution in [1.82, 2.24) is 0 Å². The lowest BCUT2D eigenvalue weighted by atomic mass is 10.1. The van der Waals surface area contributed by atoms with Gasteiger partial charge in [-0.2, -0.15) is 0 Å². The highest BCUT2D eigenvalue weighted by atomic mass is 16.6. The largest absolute Gasteiger partial charge is 0.463 e. The van der Waals surface area contributed by atoms with Crippen LogP contribution in [-0.4, -0.2) is 24.3 Å². The van der Waals surface area contributed by atoms with E-state index in [0.29, 0.717) is 6.61 Å². The Bertz CT molecular complexity index is 206. The summed E-state index contributed by atoms with van der Waals surface area (Å²) in [6, 6.07) is 0. The van der Waals surface area contributed by atoms with Gasteiger partial charge in [0.05, 0.1) is 12.2 Å². The standard InChI is InChI=1S/C9H14O3/c1-4-11-8(10)6-5-7-9(2,3)12-7/h5-7H,4H2,1-3H3/b6-5+/t7-/m0/s1. The maximum Gasteiger partial charge on any atom is 0.330 e. The first kappa shape index (κ1) is 9.26. The van der Waals surface area contributed by atoms with Gasteiger partial charge < -0.3 is 9.47 Å². The fraction of sp³-hybridized carbons (Fsp3) is 0.667. The number of hydrogen-bond donors (Lipinski definition) is 0. The van der Waals surface area contributed by atoms with Gasteiger partial charge in [0.25, 0.3) is 0 Å². The quantitative estimate of drug-likeness (QED) is 0.364. The number of carbonyl (C=O) groups is 1. The summed E-state index contributed by atoms with van der Waals surface area (Å²) in [4.78, 5) is 10.8. The topological polar surface area (TPSA) is 38.8 Å². The lowest BCUT2D eigenvalue weighted by molar-refractivity contribution is -0.137. The molecule has 1 heterocycles. The van der Waals surface area contributed by atoms with Gasteiger partial charge in [0.15, 0.2) is 0 Å². The summed E-state index contributed by atoms with van der Waals surface area (Å²) in [5, 5.41) is 0. The van der Waals surface area contributed by atoms with E-state index in [1.807, 2.05) is 13.8 Å². The van der Waals surface area contributed by atoms with Crippen LogP contribution in [0.2, 0.25) is 0 Å². The highest BCUT2D eigenvalue weighted by Gasteiger charge is 2.45. The molecular formula is C9H14O3. The molecule has 1 fully saturated rings. The van der Waals surface area contributed by atoms with Gasteiger partial charge in [0, 0.05) is 6.08 Å². The van der Waals surface area contributed by atoms with Gasteiger partial charge in [-0.15, -0.1) is 0 Å². The number of hydrogen-bond acceptors (Lipinski definition) is 3. The van der Waals surface area contributed by atoms with Crippen molar-refractivity contribution < 1.29 is 14.3 Å². The molecule has 0 aromatic heterocycles. The number of esters is 1. The monoisotopic (exact) mass is 170 g/mol. The van der Waals surface area contributed by atoms with Crippen LogP contribution in [0.1, 0.15) is 20.8 Å². The van der Waals surface area contributed by atoms with Gasteiger partial charge in [-0.25, -0.2) is 4.79 Å². The summed E-state index contributed by atoms with van der Waals surface area (Å²) in [7, 11) is 0. The third-order valence-corrected chi connectivity index (χ3v) is 1.75. The van der Waals surface area contributed by atoms with Gasteiger partial charge in [-0.3, -0.25) is 0 Å². The number of carbonyl (C=O) groups excluding carboxylic acids is 1. The minimum atomic E-state index is -0.302. The van der Waals surface area contributed by atoms with Crippen LogP contribution in [0.3, 0.4) is 0 Å². The van der Waals surface area contributed by atoms with Crippen LogP contribution >= 0.6 is 0 Å². The molecule has 12 heavy (non-hydrogen) atoms. The van der Waals surface area contributed by atoms with Gasteiger partial charge in [0.2, 0.25) is 0 Å². The summed E-state index contributed by atoms with van der Waals surface area (Å²) < 4.78 is 9.95. The van der Waals surface area contributed by atoms with E-state index in [2.05, 4.69) is 0 Å². The van der Waals surface area contributed by atoms with Crippen LogP contribution in [0.15, 0.2) is 12.2 Å². The van der Waals surface area contributed by atoms with Crippen molar-refractivity contribution in [2.24, 2.45) is 0 Å². The van der Waals surface area contributed by atoms with Gasteiger partial charge in [-0.05, 0) is 26.8 Å². The van der Waals surface area contributed by atoms with E-state index in [4.69, 9.17) is 9.47 Å². The second-order valence-electron chi connectivity index (χ2n) is 3.25. The molecule has 0 spiro atoms. The zero-order chi connectivity index (χ0) is 9.19. The van der Waals surface area contributed by atoms with Crippen molar-refractivity contribution in [1.29, 1.82) is 0 Å². The molecule has 1 saturated heterocycles. The molecule has 1 aliphatic heterocycles. The average Bonchev–Trinajstić information content (AvgIpc) is 2.56. The highest BCUT2D eigenvalue weighted by Crippen LogP contribution is 2.35. The van der Waals surface area contributed by atoms with Crippen molar-refractivity contribution in [3.63, 3.8) is 0 Å². The summed E-state index contributed by atoms with van der Waals surface area (Å²) in [5.74, 6) is -0.302. The summed E-state index contributed by atoms with van der Waals surface area (Å²) in [5.41, 5.74) is -0.0943. The van der Waals surface area contributed by atoms with Crippen LogP contribution in [0.5, 0.6) is 0 Å². The molecule has 0 unspecified atom stereocenters. The SMILES string of the molecule is CCOC(=O)/C=C/[C@@H]1OC1(C)C. The predicted molar refractivity (Wildman–Crippen MR) is 44.7 cm³/mol. The summed E-state index contributed by atoms with van der Waals surface area (Å²) in [6.45, 7) is 6.15. The Morgan fingerprint density at radius 3 is 2.67 bits per heavy atom. The molecule has 0 saturated carbocycles. The summed E-state index contributed by atoms with van der Waals surface area (Å²) in [6.07, 6.45) is 3.22. The Labute approximate surface area is 72.4 Å². The fourth-order valence-corrected chi connectivity index (χ4v) is 0.921. The second kappa shape index (κ2) is 3.27. The molecule has 0 aromatic rings. The molecule has 3 nitrogen and oxygen atoms in total. The molecule has 1 aliphatic rings. The minimum Gasteiger partial charge on any atom is -0.463 e. The molecule has 3 heteroatoms. The number of rotatable bonds is 3. The van der Waals surface area contributed by atoms with Crippen LogP contribution in [-0.2, 0) is 14.3 Å². The Kier molecular flexibility index (Phi) is 2.52. The zero-order valence-electron chi connectivity index (χ0n) is 7.66. The Balaban J connectivity index is 2.28. The van der Waals surface area contributed by atoms with Crippen molar-refractivity contribution in [2.75, 3.05) is 6.61 Å². The molecule has 0 N–H and O–H groups in total. The van der Waals surface area contributed by atoms with E-state index in [1.165, 1.54) is 6.08 Å². The third-order valence-electron chi connectivity index (χ3n) is 1.75. The Hall–Kier alpha value is -0.830. The van der Waals surface area contributed by atoms with Crippen LogP contribution in [0.25, 0.3) is 0 Å². The first-order valence-corrected chi connectivity index (χ1v) is 4.09. The fourth-order valence-electron chi connectivity index (χ4n) is 0.921. The maximum absolute atomic E-state index is 10.8. The number of epoxide rings is 1. The van der Waals surface area contributed by atoms with Gasteiger partial charge in [-0.1, -0.05) is 0 Å². The lowest BCUT2D eigenvalue weighted by Crippen LogP contribution is -2.03. The van der Waals surface area contributed by atoms with E-state index in [-0.39, 0.29) is 17.7 Å². The van der Waals surface area contributed by atoms with Gasteiger partial charge in [0.1, 0.15) is 6.10 Å². The molecule has 0 aromatic carbocycles. The molecule has 0 aliphatic carbocycles. The molecule has 68 valence electrons. The molecule has 1 atom stereocenters. The molecule has 0 bridgehead atoms. The van der Waals surface area contributed by atoms with Crippen LogP contribution < -0.4 is 0 Å². The second-order valence-corrected chi connectivity index (χ2v) is 3.25. The van der Waals surface area contributed by atoms with E-state index in [9.17, 15) is 4.79 Å². The Morgan fingerprint density at radius 2 is 2.25 bits per heavy atom. The average molecular weight is 170 g/mol. The first-order valence-electron chi connectivity index (χ1n) is 4.09. The van der Waals surface area contributed by atoms with Crippen LogP contribution in [0.4, 0.5) is 0 Å². The number of ether oxygens (including phenoxy) is 2. The van der Waals surface area contributed by atoms with Crippen molar-refractivity contribution in [3.05, 3.63) is 12.2 Å². The minimum absolute atomic E-state index is 0.0712. The highest BCUT2D eigenvalue weighted by molar-refractivity contribution is 5.82. The van der Waals surface area contributed by atoms with Crippen LogP contribution in [0, 0.1) is 0 Å². The van der Waals surface area contributed by atoms with E-state index in [1.54, 1.807) is 13.0 Å². The predicted octanol–water partition coefficient (Wildman–Crippen LogP) is 1.28. The van der Waals surface area contributed by atoms with Gasteiger partial charge >= 0.3 is 5.97 Å². The molecule has 0 amide bonds. The maximum atomic E-state index is 10.8. The zero-order valence-corrected chi connectivity index (χ0v) is 7.66. The smallest absolute Gasteiger partial charge is 0.330 e.